The van der Waals surface area contributed by atoms with E-state index in [2.05, 4.69) is 81.4 Å². The highest BCUT2D eigenvalue weighted by Crippen LogP contribution is 2.36. The average molecular weight is 913 g/mol. The first kappa shape index (κ1) is 56.7. The van der Waals surface area contributed by atoms with E-state index in [1.165, 1.54) is 10.4 Å². The lowest BCUT2D eigenvalue weighted by Gasteiger charge is -2.43. The normalized spacial score (nSPS) is 12.3. The first-order valence-corrected chi connectivity index (χ1v) is 24.4. The number of esters is 1. The van der Waals surface area contributed by atoms with E-state index in [4.69, 9.17) is 66.0 Å². The number of carbonyl (C=O) groups excluding carboxylic acids is 1. The third kappa shape index (κ3) is 29.0. The van der Waals surface area contributed by atoms with Crippen molar-refractivity contribution in [2.75, 3.05) is 165 Å². The summed E-state index contributed by atoms with van der Waals surface area (Å²) in [7, 11) is -2.55. The van der Waals surface area contributed by atoms with Gasteiger partial charge in [0.05, 0.1) is 172 Å². The molecule has 0 heterocycles. The molecule has 16 heteroatoms. The van der Waals surface area contributed by atoms with E-state index in [0.29, 0.717) is 165 Å². The van der Waals surface area contributed by atoms with E-state index >= 15 is 0 Å². The monoisotopic (exact) mass is 913 g/mol. The number of carbonyl (C=O) groups is 1. The molecule has 0 saturated carbocycles. The predicted octanol–water partition coefficient (Wildman–Crippen LogP) is 4.49. The quantitative estimate of drug-likeness (QED) is 0.0524. The smallest absolute Gasteiger partial charge is 0.308 e. The topological polar surface area (TPSA) is 146 Å². The molecule has 0 bridgehead atoms. The fourth-order valence-corrected chi connectivity index (χ4v) is 10.6. The largest absolute Gasteiger partial charge is 0.460 e. The molecule has 0 aliphatic heterocycles. The van der Waals surface area contributed by atoms with Gasteiger partial charge in [-0.25, -0.2) is 0 Å². The molecule has 0 radical (unpaired) electrons. The molecule has 0 aliphatic carbocycles. The van der Waals surface area contributed by atoms with E-state index in [0.717, 1.165) is 0 Å². The summed E-state index contributed by atoms with van der Waals surface area (Å²) in [6.45, 7) is 24.3. The second-order valence-electron chi connectivity index (χ2n) is 16.2. The van der Waals surface area contributed by atoms with Crippen LogP contribution >= 0.6 is 0 Å². The van der Waals surface area contributed by atoms with Gasteiger partial charge in [0.1, 0.15) is 5.60 Å². The zero-order valence-electron chi connectivity index (χ0n) is 39.3. The van der Waals surface area contributed by atoms with Gasteiger partial charge in [-0.15, -0.1) is 0 Å². The second-order valence-corrected chi connectivity index (χ2v) is 20.5. The standard InChI is InChI=1S/C47H80O15Si/c1-46(2,3)62-45(48)17-18-49-19-20-50-21-22-51-23-24-52-25-26-53-27-28-54-29-30-55-31-32-56-33-34-57-35-36-58-37-38-59-39-40-60-41-42-61-63(47(4,5)6,43-13-9-7-10-14-43)44-15-11-8-12-16-44/h7-16H,17-42H2,1-6H3. The maximum Gasteiger partial charge on any atom is 0.308 e. The summed E-state index contributed by atoms with van der Waals surface area (Å²) in [4.78, 5) is 11.6. The molecule has 63 heavy (non-hydrogen) atoms. The van der Waals surface area contributed by atoms with Crippen molar-refractivity contribution in [2.24, 2.45) is 0 Å². The van der Waals surface area contributed by atoms with Gasteiger partial charge in [0.2, 0.25) is 0 Å². The number of hydrogen-bond acceptors (Lipinski definition) is 15. The number of rotatable bonds is 42. The van der Waals surface area contributed by atoms with Crippen LogP contribution in [0.1, 0.15) is 48.0 Å². The molecular weight excluding hydrogens is 833 g/mol. The molecule has 15 nitrogen and oxygen atoms in total. The summed E-state index contributed by atoms with van der Waals surface area (Å²) in [5, 5.41) is 2.46. The van der Waals surface area contributed by atoms with Crippen molar-refractivity contribution in [3.8, 4) is 0 Å². The molecule has 0 fully saturated rings. The van der Waals surface area contributed by atoms with Crippen molar-refractivity contribution in [1.29, 1.82) is 0 Å². The molecule has 0 aromatic heterocycles. The van der Waals surface area contributed by atoms with Crippen molar-refractivity contribution in [3.63, 3.8) is 0 Å². The van der Waals surface area contributed by atoms with Gasteiger partial charge in [0.25, 0.3) is 8.32 Å². The summed E-state index contributed by atoms with van der Waals surface area (Å²) in [5.41, 5.74) is -0.479. The van der Waals surface area contributed by atoms with Crippen molar-refractivity contribution < 1.29 is 70.8 Å². The molecular formula is C47H80O15Si. The van der Waals surface area contributed by atoms with Crippen LogP contribution in [0.5, 0.6) is 0 Å². The number of ether oxygens (including phenoxy) is 13. The summed E-state index contributed by atoms with van der Waals surface area (Å²) < 4.78 is 78.6. The zero-order chi connectivity index (χ0) is 45.6. The first-order valence-electron chi connectivity index (χ1n) is 22.5. The Morgan fingerprint density at radius 3 is 0.841 bits per heavy atom. The molecule has 0 saturated heterocycles. The third-order valence-electron chi connectivity index (χ3n) is 8.93. The Balaban J connectivity index is 1.24. The molecule has 0 atom stereocenters. The van der Waals surface area contributed by atoms with Crippen LogP contribution in [0.15, 0.2) is 60.7 Å². The maximum absolute atomic E-state index is 11.6. The van der Waals surface area contributed by atoms with Crippen LogP contribution in [0.25, 0.3) is 0 Å². The van der Waals surface area contributed by atoms with E-state index in [-0.39, 0.29) is 17.4 Å². The van der Waals surface area contributed by atoms with Crippen LogP contribution in [0.4, 0.5) is 0 Å². The summed E-state index contributed by atoms with van der Waals surface area (Å²) >= 11 is 0. The van der Waals surface area contributed by atoms with Crippen molar-refractivity contribution in [2.45, 2.75) is 58.6 Å². The number of benzene rings is 2. The fourth-order valence-electron chi connectivity index (χ4n) is 6.08. The predicted molar refractivity (Wildman–Crippen MR) is 244 cm³/mol. The van der Waals surface area contributed by atoms with E-state index in [9.17, 15) is 4.79 Å². The average Bonchev–Trinajstić information content (AvgIpc) is 3.25. The molecule has 2 aromatic carbocycles. The molecule has 0 N–H and O–H groups in total. The number of hydrogen-bond donors (Lipinski definition) is 0. The van der Waals surface area contributed by atoms with Gasteiger partial charge in [-0.1, -0.05) is 81.4 Å². The lowest BCUT2D eigenvalue weighted by Crippen LogP contribution is -2.66. The fraction of sp³-hybridized carbons (Fsp3) is 0.723. The highest BCUT2D eigenvalue weighted by Gasteiger charge is 2.50. The van der Waals surface area contributed by atoms with Crippen molar-refractivity contribution in [3.05, 3.63) is 60.7 Å². The highest BCUT2D eigenvalue weighted by molar-refractivity contribution is 6.99. The minimum absolute atomic E-state index is 0.0628. The highest BCUT2D eigenvalue weighted by atomic mass is 28.4. The minimum atomic E-state index is -2.55. The van der Waals surface area contributed by atoms with E-state index in [1.807, 2.05) is 20.8 Å². The Hall–Kier alpha value is -2.39. The van der Waals surface area contributed by atoms with Gasteiger partial charge in [-0.2, -0.15) is 0 Å². The third-order valence-corrected chi connectivity index (χ3v) is 14.0. The van der Waals surface area contributed by atoms with E-state index < -0.39 is 13.9 Å². The molecule has 362 valence electrons. The Morgan fingerprint density at radius 1 is 0.365 bits per heavy atom. The van der Waals surface area contributed by atoms with Crippen LogP contribution < -0.4 is 10.4 Å². The van der Waals surface area contributed by atoms with Gasteiger partial charge in [-0.05, 0) is 36.2 Å². The van der Waals surface area contributed by atoms with Crippen LogP contribution in [-0.4, -0.2) is 185 Å². The van der Waals surface area contributed by atoms with Crippen molar-refractivity contribution in [1.82, 2.24) is 0 Å². The summed E-state index contributed by atoms with van der Waals surface area (Å²) in [6, 6.07) is 21.3. The van der Waals surface area contributed by atoms with Gasteiger partial charge < -0.3 is 66.0 Å². The maximum atomic E-state index is 11.6. The van der Waals surface area contributed by atoms with Gasteiger partial charge in [-0.3, -0.25) is 4.79 Å². The van der Waals surface area contributed by atoms with E-state index in [1.54, 1.807) is 0 Å². The Morgan fingerprint density at radius 2 is 0.603 bits per heavy atom. The van der Waals surface area contributed by atoms with Gasteiger partial charge in [0, 0.05) is 0 Å². The molecule has 2 aromatic rings. The van der Waals surface area contributed by atoms with Crippen LogP contribution in [0.2, 0.25) is 5.04 Å². The minimum Gasteiger partial charge on any atom is -0.460 e. The Bertz CT molecular complexity index is 1290. The second kappa shape index (κ2) is 36.8. The zero-order valence-corrected chi connectivity index (χ0v) is 40.3. The lowest BCUT2D eigenvalue weighted by atomic mass is 10.2. The first-order chi connectivity index (χ1) is 30.6. The summed E-state index contributed by atoms with van der Waals surface area (Å²) in [6.07, 6.45) is 0.228. The van der Waals surface area contributed by atoms with Crippen LogP contribution in [0.3, 0.4) is 0 Å². The van der Waals surface area contributed by atoms with Crippen LogP contribution in [-0.2, 0) is 70.8 Å². The Labute approximate surface area is 379 Å². The Kier molecular flexibility index (Phi) is 33.1. The lowest BCUT2D eigenvalue weighted by molar-refractivity contribution is -0.156. The van der Waals surface area contributed by atoms with Crippen molar-refractivity contribution >= 4 is 24.7 Å². The molecule has 2 rings (SSSR count). The van der Waals surface area contributed by atoms with Crippen LogP contribution in [0, 0.1) is 0 Å². The SMILES string of the molecule is CC(C)(C)OC(=O)CCOCCOCCOCCOCCOCCOCCOCCOCCOCCOCCOCCOCCO[Si](c1ccccc1)(c1ccccc1)C(C)(C)C. The molecule has 0 spiro atoms. The summed E-state index contributed by atoms with van der Waals surface area (Å²) in [5.74, 6) is -0.267. The van der Waals surface area contributed by atoms with Gasteiger partial charge in [0.15, 0.2) is 0 Å². The molecule has 0 unspecified atom stereocenters. The van der Waals surface area contributed by atoms with Gasteiger partial charge >= 0.3 is 5.97 Å². The molecule has 0 amide bonds. The molecule has 0 aliphatic rings.